The highest BCUT2D eigenvalue weighted by Gasteiger charge is 2.21. The van der Waals surface area contributed by atoms with Gasteiger partial charge in [0.15, 0.2) is 10.1 Å². The third-order valence-corrected chi connectivity index (χ3v) is 6.45. The first-order valence-electron chi connectivity index (χ1n) is 9.48. The zero-order valence-corrected chi connectivity index (χ0v) is 18.3. The van der Waals surface area contributed by atoms with E-state index in [1.807, 2.05) is 42.7 Å². The number of hydrogen-bond acceptors (Lipinski definition) is 7. The summed E-state index contributed by atoms with van der Waals surface area (Å²) >= 11 is 3.01. The normalized spacial score (nSPS) is 10.9. The Morgan fingerprint density at radius 1 is 1.10 bits per heavy atom. The number of nitrogens with zero attached hydrogens (tertiary/aromatic N) is 2. The molecule has 0 saturated carbocycles. The molecular weight excluding hydrogens is 416 g/mol. The van der Waals surface area contributed by atoms with Crippen molar-refractivity contribution in [2.45, 2.75) is 17.9 Å². The number of thiazole rings is 1. The van der Waals surface area contributed by atoms with E-state index < -0.39 is 5.97 Å². The summed E-state index contributed by atoms with van der Waals surface area (Å²) in [5.41, 5.74) is 4.10. The van der Waals surface area contributed by atoms with Crippen molar-refractivity contribution in [3.8, 4) is 16.9 Å². The van der Waals surface area contributed by atoms with Crippen molar-refractivity contribution in [2.24, 2.45) is 0 Å². The van der Waals surface area contributed by atoms with Crippen molar-refractivity contribution in [2.75, 3.05) is 12.9 Å². The highest BCUT2D eigenvalue weighted by molar-refractivity contribution is 8.00. The molecule has 4 rings (SSSR count). The summed E-state index contributed by atoms with van der Waals surface area (Å²) in [5, 5.41) is 0. The third-order valence-electron chi connectivity index (χ3n) is 4.50. The van der Waals surface area contributed by atoms with Crippen LogP contribution in [0.3, 0.4) is 0 Å². The first-order valence-corrected chi connectivity index (χ1v) is 11.5. The van der Waals surface area contributed by atoms with E-state index in [1.54, 1.807) is 6.92 Å². The van der Waals surface area contributed by atoms with E-state index >= 15 is 0 Å². The van der Waals surface area contributed by atoms with Gasteiger partial charge in [0.25, 0.3) is 0 Å². The van der Waals surface area contributed by atoms with Crippen molar-refractivity contribution < 1.29 is 14.3 Å². The molecule has 4 aromatic rings. The smallest absolute Gasteiger partial charge is 0.343 e. The van der Waals surface area contributed by atoms with Gasteiger partial charge in [-0.05, 0) is 29.9 Å². The molecule has 0 atom stereocenters. The molecule has 5 nitrogen and oxygen atoms in total. The third kappa shape index (κ3) is 4.17. The van der Waals surface area contributed by atoms with Crippen LogP contribution in [0, 0.1) is 0 Å². The van der Waals surface area contributed by atoms with Crippen LogP contribution in [-0.4, -0.2) is 28.8 Å². The molecule has 7 heteroatoms. The van der Waals surface area contributed by atoms with Crippen LogP contribution in [0.2, 0.25) is 0 Å². The molecule has 0 radical (unpaired) electrons. The van der Waals surface area contributed by atoms with Crippen molar-refractivity contribution in [1.82, 2.24) is 9.97 Å². The number of fused-ring (bicyclic) bond motifs is 1. The molecule has 0 aliphatic rings. The molecule has 0 amide bonds. The molecule has 0 aliphatic heterocycles. The number of carbonyl (C=O) groups excluding carboxylic acids is 1. The predicted octanol–water partition coefficient (Wildman–Crippen LogP) is 5.84. The maximum atomic E-state index is 12.5. The SMILES string of the molecule is CCOC(=O)c1cnc2sc(SC)nc2c1OCc1ccccc1-c1ccccc1. The predicted molar refractivity (Wildman–Crippen MR) is 121 cm³/mol. The highest BCUT2D eigenvalue weighted by atomic mass is 32.2. The monoisotopic (exact) mass is 436 g/mol. The Morgan fingerprint density at radius 2 is 1.87 bits per heavy atom. The van der Waals surface area contributed by atoms with Gasteiger partial charge in [-0.25, -0.2) is 14.8 Å². The number of rotatable bonds is 7. The fourth-order valence-corrected chi connectivity index (χ4v) is 4.52. The lowest BCUT2D eigenvalue weighted by Crippen LogP contribution is -2.09. The molecule has 152 valence electrons. The number of benzene rings is 2. The van der Waals surface area contributed by atoms with Crippen LogP contribution in [0.1, 0.15) is 22.8 Å². The standard InChI is InChI=1S/C23H20N2O3S2/c1-3-27-22(26)18-13-24-21-19(25-23(29-2)30-21)20(18)28-14-16-11-7-8-12-17(16)15-9-5-4-6-10-15/h4-13H,3,14H2,1-2H3. The van der Waals surface area contributed by atoms with Crippen LogP contribution < -0.4 is 4.74 Å². The summed E-state index contributed by atoms with van der Waals surface area (Å²) in [6.07, 6.45) is 3.47. The number of ether oxygens (including phenoxy) is 2. The van der Waals surface area contributed by atoms with Gasteiger partial charge in [0.1, 0.15) is 22.5 Å². The van der Waals surface area contributed by atoms with Gasteiger partial charge in [0.05, 0.1) is 6.61 Å². The lowest BCUT2D eigenvalue weighted by atomic mass is 10.0. The minimum absolute atomic E-state index is 0.278. The van der Waals surface area contributed by atoms with E-state index in [-0.39, 0.29) is 6.61 Å². The van der Waals surface area contributed by atoms with Gasteiger partial charge in [-0.1, -0.05) is 77.7 Å². The van der Waals surface area contributed by atoms with Crippen molar-refractivity contribution >= 4 is 39.4 Å². The van der Waals surface area contributed by atoms with Gasteiger partial charge >= 0.3 is 5.97 Å². The second-order valence-corrected chi connectivity index (χ2v) is 8.40. The largest absolute Gasteiger partial charge is 0.486 e. The minimum Gasteiger partial charge on any atom is -0.486 e. The Bertz CT molecular complexity index is 1180. The van der Waals surface area contributed by atoms with Crippen LogP contribution >= 0.6 is 23.1 Å². The molecule has 2 aromatic heterocycles. The van der Waals surface area contributed by atoms with Crippen LogP contribution in [0.25, 0.3) is 21.5 Å². The fourth-order valence-electron chi connectivity index (χ4n) is 3.12. The minimum atomic E-state index is -0.461. The lowest BCUT2D eigenvalue weighted by Gasteiger charge is -2.14. The van der Waals surface area contributed by atoms with E-state index in [4.69, 9.17) is 9.47 Å². The highest BCUT2D eigenvalue weighted by Crippen LogP contribution is 2.35. The van der Waals surface area contributed by atoms with Gasteiger partial charge < -0.3 is 9.47 Å². The van der Waals surface area contributed by atoms with Crippen LogP contribution in [-0.2, 0) is 11.3 Å². The Hall–Kier alpha value is -2.90. The second kappa shape index (κ2) is 9.28. The van der Waals surface area contributed by atoms with E-state index in [0.717, 1.165) is 25.9 Å². The van der Waals surface area contributed by atoms with Gasteiger partial charge in [-0.3, -0.25) is 0 Å². The summed E-state index contributed by atoms with van der Waals surface area (Å²) in [5.74, 6) is -0.0465. The summed E-state index contributed by atoms with van der Waals surface area (Å²) in [4.78, 5) is 22.3. The Morgan fingerprint density at radius 3 is 2.63 bits per heavy atom. The molecule has 0 bridgehead atoms. The Kier molecular flexibility index (Phi) is 6.30. The zero-order chi connectivity index (χ0) is 20.9. The Labute approximate surface area is 183 Å². The van der Waals surface area contributed by atoms with Crippen molar-refractivity contribution in [1.29, 1.82) is 0 Å². The number of pyridine rings is 1. The van der Waals surface area contributed by atoms with Gasteiger partial charge in [0, 0.05) is 6.20 Å². The van der Waals surface area contributed by atoms with Gasteiger partial charge in [-0.15, -0.1) is 0 Å². The fraction of sp³-hybridized carbons (Fsp3) is 0.174. The van der Waals surface area contributed by atoms with Gasteiger partial charge in [0.2, 0.25) is 0 Å². The molecule has 0 fully saturated rings. The first-order chi connectivity index (χ1) is 14.7. The van der Waals surface area contributed by atoms with Crippen LogP contribution in [0.5, 0.6) is 5.75 Å². The molecular formula is C23H20N2O3S2. The molecule has 0 N–H and O–H groups in total. The Balaban J connectivity index is 1.73. The molecule has 0 unspecified atom stereocenters. The number of aromatic nitrogens is 2. The van der Waals surface area contributed by atoms with Crippen LogP contribution in [0.15, 0.2) is 65.1 Å². The molecule has 0 aliphatic carbocycles. The maximum absolute atomic E-state index is 12.5. The van der Waals surface area contributed by atoms with E-state index in [1.165, 1.54) is 29.3 Å². The first kappa shape index (κ1) is 20.4. The molecule has 2 aromatic carbocycles. The molecule has 0 saturated heterocycles. The molecule has 2 heterocycles. The molecule has 30 heavy (non-hydrogen) atoms. The average molecular weight is 437 g/mol. The van der Waals surface area contributed by atoms with Crippen molar-refractivity contribution in [3.63, 3.8) is 0 Å². The quantitative estimate of drug-likeness (QED) is 0.268. The number of hydrogen-bond donors (Lipinski definition) is 0. The lowest BCUT2D eigenvalue weighted by molar-refractivity contribution is 0.0521. The van der Waals surface area contributed by atoms with E-state index in [9.17, 15) is 4.79 Å². The number of esters is 1. The molecule has 0 spiro atoms. The van der Waals surface area contributed by atoms with E-state index in [2.05, 4.69) is 28.2 Å². The summed E-state index contributed by atoms with van der Waals surface area (Å²) < 4.78 is 12.3. The number of thioether (sulfide) groups is 1. The number of carbonyl (C=O) groups is 1. The van der Waals surface area contributed by atoms with E-state index in [0.29, 0.717) is 23.4 Å². The van der Waals surface area contributed by atoms with Crippen LogP contribution in [0.4, 0.5) is 0 Å². The van der Waals surface area contributed by atoms with Gasteiger partial charge in [-0.2, -0.15) is 0 Å². The second-order valence-electron chi connectivity index (χ2n) is 6.37. The summed E-state index contributed by atoms with van der Waals surface area (Å²) in [6.45, 7) is 2.35. The average Bonchev–Trinajstić information content (AvgIpc) is 3.22. The summed E-state index contributed by atoms with van der Waals surface area (Å²) in [6, 6.07) is 18.2. The maximum Gasteiger partial charge on any atom is 0.343 e. The zero-order valence-electron chi connectivity index (χ0n) is 16.6. The summed E-state index contributed by atoms with van der Waals surface area (Å²) in [7, 11) is 0. The van der Waals surface area contributed by atoms with Crippen molar-refractivity contribution in [3.05, 3.63) is 71.9 Å². The topological polar surface area (TPSA) is 61.3 Å².